The predicted molar refractivity (Wildman–Crippen MR) is 133 cm³/mol. The molecule has 0 heterocycles. The lowest BCUT2D eigenvalue weighted by Crippen LogP contribution is -2.44. The second-order valence-corrected chi connectivity index (χ2v) is 8.66. The highest BCUT2D eigenvalue weighted by Gasteiger charge is 2.34. The number of aliphatic hydroxyl groups is 3. The first-order chi connectivity index (χ1) is 16.6. The van der Waals surface area contributed by atoms with Crippen LogP contribution in [-0.4, -0.2) is 40.2 Å². The van der Waals surface area contributed by atoms with Gasteiger partial charge in [0.2, 0.25) is 0 Å². The smallest absolute Gasteiger partial charge is 0.158 e. The molecule has 0 aliphatic carbocycles. The number of benzene rings is 3. The van der Waals surface area contributed by atoms with E-state index >= 15 is 0 Å². The van der Waals surface area contributed by atoms with Crippen LogP contribution in [0.5, 0.6) is 0 Å². The average Bonchev–Trinajstić information content (AvgIpc) is 2.88. The van der Waals surface area contributed by atoms with Crippen molar-refractivity contribution in [1.82, 2.24) is 0 Å². The first-order valence-corrected chi connectivity index (χ1v) is 11.7. The lowest BCUT2D eigenvalue weighted by atomic mass is 10.1. The number of halogens is 1. The molecule has 0 aromatic heterocycles. The van der Waals surface area contributed by atoms with E-state index in [9.17, 15) is 15.3 Å². The van der Waals surface area contributed by atoms with Gasteiger partial charge in [0.05, 0.1) is 26.4 Å². The number of hydrogen-bond donors (Lipinski definition) is 3. The zero-order chi connectivity index (χ0) is 24.2. The van der Waals surface area contributed by atoms with Gasteiger partial charge in [0.1, 0.15) is 24.6 Å². The van der Waals surface area contributed by atoms with Crippen molar-refractivity contribution in [2.75, 3.05) is 6.61 Å². The minimum atomic E-state index is -1.14. The topological polar surface area (TPSA) is 88.4 Å². The summed E-state index contributed by atoms with van der Waals surface area (Å²) < 4.78 is 18.6. The molecule has 0 aliphatic heterocycles. The van der Waals surface area contributed by atoms with Crippen LogP contribution in [0, 0.1) is 0 Å². The predicted octanol–water partition coefficient (Wildman–Crippen LogP) is 5.45. The van der Waals surface area contributed by atoms with Gasteiger partial charge in [-0.05, 0) is 28.8 Å². The summed E-state index contributed by atoms with van der Waals surface area (Å²) in [5.41, 5.74) is 2.72. The van der Waals surface area contributed by atoms with E-state index in [-0.39, 0.29) is 19.8 Å². The van der Waals surface area contributed by atoms with Crippen LogP contribution in [0.15, 0.2) is 101 Å². The third kappa shape index (κ3) is 8.27. The second-order valence-electron chi connectivity index (χ2n) is 7.74. The van der Waals surface area contributed by atoms with Crippen LogP contribution in [0.4, 0.5) is 0 Å². The molecule has 3 aromatic rings. The Labute approximate surface area is 208 Å². The fraction of sp³-hybridized carbons (Fsp3) is 0.259. The van der Waals surface area contributed by atoms with E-state index < -0.39 is 24.1 Å². The third-order valence-corrected chi connectivity index (χ3v) is 5.66. The van der Waals surface area contributed by atoms with E-state index in [1.807, 2.05) is 84.9 Å². The maximum Gasteiger partial charge on any atom is 0.158 e. The Morgan fingerprint density at radius 1 is 0.765 bits per heavy atom. The molecule has 0 radical (unpaired) electrons. The molecule has 0 fully saturated rings. The average molecular weight is 529 g/mol. The Hall–Kier alpha value is -2.68. The molecule has 34 heavy (non-hydrogen) atoms. The van der Waals surface area contributed by atoms with E-state index in [1.54, 1.807) is 0 Å². The van der Waals surface area contributed by atoms with Gasteiger partial charge in [0.15, 0.2) is 5.76 Å². The van der Waals surface area contributed by atoms with Gasteiger partial charge in [-0.3, -0.25) is 0 Å². The summed E-state index contributed by atoms with van der Waals surface area (Å²) in [5, 5.41) is 30.9. The molecule has 0 spiro atoms. The number of hydrogen-bond acceptors (Lipinski definition) is 6. The zero-order valence-electron chi connectivity index (χ0n) is 18.7. The van der Waals surface area contributed by atoms with E-state index in [0.717, 1.165) is 21.2 Å². The molecular weight excluding hydrogens is 500 g/mol. The van der Waals surface area contributed by atoms with Gasteiger partial charge in [0.25, 0.3) is 0 Å². The molecule has 0 aliphatic rings. The highest BCUT2D eigenvalue weighted by molar-refractivity contribution is 9.10. The molecule has 3 N–H and O–H groups in total. The largest absolute Gasteiger partial charge is 0.512 e. The SMILES string of the molecule is OC=C(O)[C@@H](OCc1ccccc1)[C@H](OCc1ccccc1)[C@H](O)COCc1ccc(Br)cc1. The summed E-state index contributed by atoms with van der Waals surface area (Å²) >= 11 is 3.40. The summed E-state index contributed by atoms with van der Waals surface area (Å²) in [6, 6.07) is 26.6. The lowest BCUT2D eigenvalue weighted by molar-refractivity contribution is -0.145. The van der Waals surface area contributed by atoms with Gasteiger partial charge in [-0.25, -0.2) is 0 Å². The summed E-state index contributed by atoms with van der Waals surface area (Å²) in [6.45, 7) is 0.576. The molecule has 6 nitrogen and oxygen atoms in total. The van der Waals surface area contributed by atoms with Gasteiger partial charge in [-0.1, -0.05) is 88.7 Å². The van der Waals surface area contributed by atoms with Crippen molar-refractivity contribution in [3.8, 4) is 0 Å². The maximum atomic E-state index is 11.0. The van der Waals surface area contributed by atoms with Crippen molar-refractivity contribution in [2.24, 2.45) is 0 Å². The summed E-state index contributed by atoms with van der Waals surface area (Å²) in [7, 11) is 0. The molecule has 180 valence electrons. The van der Waals surface area contributed by atoms with Crippen LogP contribution in [0.3, 0.4) is 0 Å². The minimum Gasteiger partial charge on any atom is -0.512 e. The van der Waals surface area contributed by atoms with Crippen molar-refractivity contribution in [3.05, 3.63) is 118 Å². The van der Waals surface area contributed by atoms with E-state index in [1.165, 1.54) is 0 Å². The van der Waals surface area contributed by atoms with Crippen LogP contribution in [0.1, 0.15) is 16.7 Å². The zero-order valence-corrected chi connectivity index (χ0v) is 20.3. The molecule has 0 amide bonds. The normalized spacial score (nSPS) is 14.5. The number of aliphatic hydroxyl groups excluding tert-OH is 3. The quantitative estimate of drug-likeness (QED) is 0.255. The van der Waals surface area contributed by atoms with Crippen LogP contribution in [0.25, 0.3) is 0 Å². The summed E-state index contributed by atoms with van der Waals surface area (Å²) in [5.74, 6) is -0.444. The Kier molecular flexibility index (Phi) is 10.6. The van der Waals surface area contributed by atoms with Gasteiger partial charge < -0.3 is 29.5 Å². The second kappa shape index (κ2) is 13.9. The van der Waals surface area contributed by atoms with Gasteiger partial charge >= 0.3 is 0 Å². The van der Waals surface area contributed by atoms with Crippen LogP contribution < -0.4 is 0 Å². The highest BCUT2D eigenvalue weighted by atomic mass is 79.9. The van der Waals surface area contributed by atoms with Gasteiger partial charge in [-0.15, -0.1) is 0 Å². The molecular formula is C27H29BrO6. The first-order valence-electron chi connectivity index (χ1n) is 10.9. The van der Waals surface area contributed by atoms with Crippen molar-refractivity contribution < 1.29 is 29.5 Å². The maximum absolute atomic E-state index is 11.0. The molecule has 3 rings (SSSR count). The van der Waals surface area contributed by atoms with Crippen molar-refractivity contribution in [1.29, 1.82) is 0 Å². The molecule has 7 heteroatoms. The van der Waals surface area contributed by atoms with Crippen LogP contribution >= 0.6 is 15.9 Å². The molecule has 3 aromatic carbocycles. The molecule has 3 atom stereocenters. The van der Waals surface area contributed by atoms with E-state index in [4.69, 9.17) is 14.2 Å². The summed E-state index contributed by atoms with van der Waals surface area (Å²) in [6.07, 6.45) is -2.69. The molecule has 0 saturated carbocycles. The highest BCUT2D eigenvalue weighted by Crippen LogP contribution is 2.20. The summed E-state index contributed by atoms with van der Waals surface area (Å²) in [4.78, 5) is 0. The molecule has 0 saturated heterocycles. The van der Waals surface area contributed by atoms with E-state index in [2.05, 4.69) is 15.9 Å². The molecule has 0 bridgehead atoms. The lowest BCUT2D eigenvalue weighted by Gasteiger charge is -2.30. The number of ether oxygens (including phenoxy) is 3. The van der Waals surface area contributed by atoms with Crippen molar-refractivity contribution in [2.45, 2.75) is 38.1 Å². The fourth-order valence-electron chi connectivity index (χ4n) is 3.32. The van der Waals surface area contributed by atoms with Crippen LogP contribution in [-0.2, 0) is 34.0 Å². The van der Waals surface area contributed by atoms with Crippen LogP contribution in [0.2, 0.25) is 0 Å². The van der Waals surface area contributed by atoms with Crippen molar-refractivity contribution >= 4 is 15.9 Å². The molecule has 0 unspecified atom stereocenters. The first kappa shape index (κ1) is 25.9. The Morgan fingerprint density at radius 3 is 1.85 bits per heavy atom. The Morgan fingerprint density at radius 2 is 1.29 bits per heavy atom. The van der Waals surface area contributed by atoms with Crippen molar-refractivity contribution in [3.63, 3.8) is 0 Å². The Balaban J connectivity index is 1.70. The monoisotopic (exact) mass is 528 g/mol. The fourth-order valence-corrected chi connectivity index (χ4v) is 3.59. The van der Waals surface area contributed by atoms with E-state index in [0.29, 0.717) is 12.9 Å². The van der Waals surface area contributed by atoms with Gasteiger partial charge in [-0.2, -0.15) is 0 Å². The minimum absolute atomic E-state index is 0.0561. The number of rotatable bonds is 13. The van der Waals surface area contributed by atoms with Gasteiger partial charge in [0, 0.05) is 4.47 Å². The third-order valence-electron chi connectivity index (χ3n) is 5.13. The standard InChI is InChI=1S/C27H29BrO6/c28-23-13-11-22(12-14-23)16-32-19-25(31)27(34-18-21-9-5-2-6-10-21)26(24(30)15-29)33-17-20-7-3-1-4-8-20/h1-15,25-27,29-31H,16-19H2/t25-,26-,27-/m1/s1. The Bertz CT molecular complexity index is 995.